The molecule has 0 spiro atoms. The SMILES string of the molecule is C[C@]1(Cc2ccccc2)[C@@H](O)CCN1C(=O)O. The molecule has 2 atom stereocenters. The molecular formula is C13H17NO3. The maximum absolute atomic E-state index is 11.2. The number of rotatable bonds is 2. The van der Waals surface area contributed by atoms with E-state index in [0.29, 0.717) is 19.4 Å². The van der Waals surface area contributed by atoms with Crippen LogP contribution in [0.4, 0.5) is 4.79 Å². The number of amides is 1. The number of aliphatic hydroxyl groups excluding tert-OH is 1. The third-order valence-electron chi connectivity index (χ3n) is 3.60. The summed E-state index contributed by atoms with van der Waals surface area (Å²) in [6.45, 7) is 2.21. The first-order valence-corrected chi connectivity index (χ1v) is 5.76. The first kappa shape index (κ1) is 11.9. The molecule has 92 valence electrons. The van der Waals surface area contributed by atoms with Crippen molar-refractivity contribution in [1.82, 2.24) is 4.90 Å². The maximum atomic E-state index is 11.2. The summed E-state index contributed by atoms with van der Waals surface area (Å²) >= 11 is 0. The van der Waals surface area contributed by atoms with E-state index in [0.717, 1.165) is 5.56 Å². The van der Waals surface area contributed by atoms with Crippen LogP contribution >= 0.6 is 0 Å². The van der Waals surface area contributed by atoms with Gasteiger partial charge in [-0.2, -0.15) is 0 Å². The van der Waals surface area contributed by atoms with Crippen LogP contribution in [-0.4, -0.2) is 39.4 Å². The molecule has 1 aromatic rings. The second-order valence-electron chi connectivity index (χ2n) is 4.76. The average molecular weight is 235 g/mol. The van der Waals surface area contributed by atoms with Gasteiger partial charge in [0.15, 0.2) is 0 Å². The smallest absolute Gasteiger partial charge is 0.407 e. The quantitative estimate of drug-likeness (QED) is 0.820. The van der Waals surface area contributed by atoms with Crippen molar-refractivity contribution < 1.29 is 15.0 Å². The predicted molar refractivity (Wildman–Crippen MR) is 63.9 cm³/mol. The molecule has 0 bridgehead atoms. The molecule has 1 aliphatic rings. The Labute approximate surface area is 100 Å². The second-order valence-corrected chi connectivity index (χ2v) is 4.76. The lowest BCUT2D eigenvalue weighted by Gasteiger charge is -2.35. The van der Waals surface area contributed by atoms with Gasteiger partial charge >= 0.3 is 6.09 Å². The molecule has 1 amide bonds. The van der Waals surface area contributed by atoms with Crippen molar-refractivity contribution in [3.05, 3.63) is 35.9 Å². The van der Waals surface area contributed by atoms with Crippen LogP contribution in [0.5, 0.6) is 0 Å². The Morgan fingerprint density at radius 3 is 2.71 bits per heavy atom. The second kappa shape index (κ2) is 4.37. The summed E-state index contributed by atoms with van der Waals surface area (Å²) in [5, 5.41) is 19.2. The molecule has 1 aliphatic heterocycles. The van der Waals surface area contributed by atoms with E-state index < -0.39 is 17.7 Å². The number of hydrogen-bond acceptors (Lipinski definition) is 2. The number of hydrogen-bond donors (Lipinski definition) is 2. The summed E-state index contributed by atoms with van der Waals surface area (Å²) in [6, 6.07) is 9.68. The van der Waals surface area contributed by atoms with Crippen LogP contribution in [0.2, 0.25) is 0 Å². The Kier molecular flexibility index (Phi) is 3.07. The van der Waals surface area contributed by atoms with Crippen LogP contribution in [0.15, 0.2) is 30.3 Å². The first-order chi connectivity index (χ1) is 8.04. The van der Waals surface area contributed by atoms with Gasteiger partial charge in [-0.05, 0) is 25.3 Å². The average Bonchev–Trinajstić information content (AvgIpc) is 2.57. The Hall–Kier alpha value is -1.55. The lowest BCUT2D eigenvalue weighted by atomic mass is 9.88. The zero-order valence-electron chi connectivity index (χ0n) is 9.84. The standard InChI is InChI=1S/C13H17NO3/c1-13(9-10-5-3-2-4-6-10)11(15)7-8-14(13)12(16)17/h2-6,11,15H,7-9H2,1H3,(H,16,17)/t11-,13-/m0/s1. The number of benzene rings is 1. The van der Waals surface area contributed by atoms with E-state index >= 15 is 0 Å². The van der Waals surface area contributed by atoms with Crippen LogP contribution in [0.1, 0.15) is 18.9 Å². The zero-order chi connectivity index (χ0) is 12.5. The summed E-state index contributed by atoms with van der Waals surface area (Å²) in [4.78, 5) is 12.5. The van der Waals surface area contributed by atoms with Crippen LogP contribution in [0.25, 0.3) is 0 Å². The molecule has 0 aliphatic carbocycles. The fraction of sp³-hybridized carbons (Fsp3) is 0.462. The van der Waals surface area contributed by atoms with E-state index in [4.69, 9.17) is 5.11 Å². The van der Waals surface area contributed by atoms with Crippen molar-refractivity contribution in [1.29, 1.82) is 0 Å². The Bertz CT molecular complexity index is 406. The molecule has 1 saturated heterocycles. The van der Waals surface area contributed by atoms with E-state index in [-0.39, 0.29) is 0 Å². The van der Waals surface area contributed by atoms with Crippen molar-refractivity contribution in [3.63, 3.8) is 0 Å². The molecular weight excluding hydrogens is 218 g/mol. The van der Waals surface area contributed by atoms with Crippen LogP contribution in [0.3, 0.4) is 0 Å². The van der Waals surface area contributed by atoms with Gasteiger partial charge in [-0.15, -0.1) is 0 Å². The molecule has 0 aromatic heterocycles. The third-order valence-corrected chi connectivity index (χ3v) is 3.60. The summed E-state index contributed by atoms with van der Waals surface area (Å²) in [5.74, 6) is 0. The van der Waals surface area contributed by atoms with Gasteiger partial charge in [0.2, 0.25) is 0 Å². The molecule has 0 radical (unpaired) electrons. The van der Waals surface area contributed by atoms with Crippen LogP contribution in [-0.2, 0) is 6.42 Å². The molecule has 17 heavy (non-hydrogen) atoms. The molecule has 1 aromatic carbocycles. The highest BCUT2D eigenvalue weighted by Gasteiger charge is 2.46. The first-order valence-electron chi connectivity index (χ1n) is 5.76. The molecule has 2 N–H and O–H groups in total. The monoisotopic (exact) mass is 235 g/mol. The molecule has 0 unspecified atom stereocenters. The Balaban J connectivity index is 2.24. The van der Waals surface area contributed by atoms with Crippen molar-refractivity contribution in [2.24, 2.45) is 0 Å². The van der Waals surface area contributed by atoms with E-state index in [2.05, 4.69) is 0 Å². The van der Waals surface area contributed by atoms with Gasteiger partial charge in [0, 0.05) is 6.54 Å². The fourth-order valence-corrected chi connectivity index (χ4v) is 2.53. The van der Waals surface area contributed by atoms with Gasteiger partial charge < -0.3 is 10.2 Å². The molecule has 1 fully saturated rings. The lowest BCUT2D eigenvalue weighted by Crippen LogP contribution is -2.51. The van der Waals surface area contributed by atoms with Gasteiger partial charge in [0.25, 0.3) is 0 Å². The van der Waals surface area contributed by atoms with Gasteiger partial charge in [-0.25, -0.2) is 4.79 Å². The largest absolute Gasteiger partial charge is 0.465 e. The number of carboxylic acid groups (broad SMARTS) is 1. The molecule has 4 heteroatoms. The van der Waals surface area contributed by atoms with Crippen molar-refractivity contribution in [2.45, 2.75) is 31.4 Å². The zero-order valence-corrected chi connectivity index (χ0v) is 9.84. The Morgan fingerprint density at radius 1 is 1.47 bits per heavy atom. The third kappa shape index (κ3) is 2.13. The number of likely N-dealkylation sites (tertiary alicyclic amines) is 1. The summed E-state index contributed by atoms with van der Waals surface area (Å²) < 4.78 is 0. The van der Waals surface area contributed by atoms with Gasteiger partial charge in [-0.3, -0.25) is 4.90 Å². The number of nitrogens with zero attached hydrogens (tertiary/aromatic N) is 1. The van der Waals surface area contributed by atoms with Crippen molar-refractivity contribution >= 4 is 6.09 Å². The fourth-order valence-electron chi connectivity index (χ4n) is 2.53. The van der Waals surface area contributed by atoms with E-state index in [9.17, 15) is 9.90 Å². The van der Waals surface area contributed by atoms with Crippen LogP contribution in [0, 0.1) is 0 Å². The van der Waals surface area contributed by atoms with E-state index in [1.807, 2.05) is 37.3 Å². The molecule has 1 heterocycles. The lowest BCUT2D eigenvalue weighted by molar-refractivity contribution is 0.0418. The van der Waals surface area contributed by atoms with E-state index in [1.54, 1.807) is 0 Å². The van der Waals surface area contributed by atoms with Gasteiger partial charge in [0.05, 0.1) is 11.6 Å². The number of carbonyl (C=O) groups is 1. The van der Waals surface area contributed by atoms with Gasteiger partial charge in [0.1, 0.15) is 0 Å². The number of aliphatic hydroxyl groups is 1. The molecule has 2 rings (SSSR count). The summed E-state index contributed by atoms with van der Waals surface area (Å²) in [6.07, 6.45) is -0.504. The van der Waals surface area contributed by atoms with Gasteiger partial charge in [-0.1, -0.05) is 30.3 Å². The summed E-state index contributed by atoms with van der Waals surface area (Å²) in [5.41, 5.74) is 0.329. The predicted octanol–water partition coefficient (Wildman–Crippen LogP) is 1.73. The minimum Gasteiger partial charge on any atom is -0.465 e. The van der Waals surface area contributed by atoms with Crippen molar-refractivity contribution in [3.8, 4) is 0 Å². The highest BCUT2D eigenvalue weighted by Crippen LogP contribution is 2.32. The highest BCUT2D eigenvalue weighted by molar-refractivity contribution is 5.67. The topological polar surface area (TPSA) is 60.8 Å². The van der Waals surface area contributed by atoms with E-state index in [1.165, 1.54) is 4.90 Å². The highest BCUT2D eigenvalue weighted by atomic mass is 16.4. The molecule has 4 nitrogen and oxygen atoms in total. The molecule has 0 saturated carbocycles. The van der Waals surface area contributed by atoms with Crippen LogP contribution < -0.4 is 0 Å². The summed E-state index contributed by atoms with van der Waals surface area (Å²) in [7, 11) is 0. The normalized spacial score (nSPS) is 28.4. The van der Waals surface area contributed by atoms with Crippen molar-refractivity contribution in [2.75, 3.05) is 6.54 Å². The minimum atomic E-state index is -0.958. The maximum Gasteiger partial charge on any atom is 0.407 e. The Morgan fingerprint density at radius 2 is 2.12 bits per heavy atom. The minimum absolute atomic E-state index is 0.403.